The van der Waals surface area contributed by atoms with Crippen molar-refractivity contribution in [2.75, 3.05) is 0 Å². The monoisotopic (exact) mass is 226 g/mol. The maximum absolute atomic E-state index is 11.4. The molecule has 0 unspecified atom stereocenters. The summed E-state index contributed by atoms with van der Waals surface area (Å²) < 4.78 is 2.61. The zero-order valence-electron chi connectivity index (χ0n) is 6.47. The van der Waals surface area contributed by atoms with E-state index >= 15 is 0 Å². The van der Waals surface area contributed by atoms with Crippen LogP contribution in [-0.4, -0.2) is 9.61 Å². The number of aromatic amines is 1. The predicted octanol–water partition coefficient (Wildman–Crippen LogP) is 1.70. The second-order valence-electron chi connectivity index (χ2n) is 2.72. The molecule has 0 aliphatic rings. The van der Waals surface area contributed by atoms with E-state index in [2.05, 4.69) is 21.0 Å². The van der Waals surface area contributed by atoms with Crippen molar-refractivity contribution in [3.63, 3.8) is 0 Å². The van der Waals surface area contributed by atoms with Crippen LogP contribution < -0.4 is 5.43 Å². The molecule has 0 aliphatic carbocycles. The Morgan fingerprint density at radius 1 is 1.50 bits per heavy atom. The molecule has 0 fully saturated rings. The SMILES string of the molecule is Cc1cc(=O)c2cc(Br)cn2[nH]1. The third-order valence-corrected chi connectivity index (χ3v) is 2.12. The van der Waals surface area contributed by atoms with Crippen molar-refractivity contribution >= 4 is 21.4 Å². The first-order chi connectivity index (χ1) is 5.66. The van der Waals surface area contributed by atoms with Gasteiger partial charge in [-0.05, 0) is 28.9 Å². The molecule has 0 bridgehead atoms. The quantitative estimate of drug-likeness (QED) is 0.730. The smallest absolute Gasteiger partial charge is 0.205 e. The molecule has 2 aromatic heterocycles. The Kier molecular flexibility index (Phi) is 1.58. The summed E-state index contributed by atoms with van der Waals surface area (Å²) in [4.78, 5) is 11.4. The lowest BCUT2D eigenvalue weighted by Gasteiger charge is -1.95. The van der Waals surface area contributed by atoms with Crippen LogP contribution in [0.25, 0.3) is 5.52 Å². The van der Waals surface area contributed by atoms with E-state index in [1.54, 1.807) is 16.6 Å². The molecule has 0 aliphatic heterocycles. The van der Waals surface area contributed by atoms with Crippen molar-refractivity contribution in [2.24, 2.45) is 0 Å². The molecule has 2 aromatic rings. The van der Waals surface area contributed by atoms with Gasteiger partial charge in [0.2, 0.25) is 5.43 Å². The normalized spacial score (nSPS) is 10.8. The summed E-state index contributed by atoms with van der Waals surface area (Å²) in [6.07, 6.45) is 1.82. The maximum Gasteiger partial charge on any atom is 0.205 e. The Morgan fingerprint density at radius 2 is 2.25 bits per heavy atom. The first kappa shape index (κ1) is 7.61. The van der Waals surface area contributed by atoms with Crippen LogP contribution in [0.4, 0.5) is 0 Å². The molecule has 0 saturated carbocycles. The molecule has 0 saturated heterocycles. The van der Waals surface area contributed by atoms with Gasteiger partial charge in [0.25, 0.3) is 0 Å². The zero-order valence-corrected chi connectivity index (χ0v) is 8.05. The van der Waals surface area contributed by atoms with Crippen LogP contribution in [0.1, 0.15) is 5.69 Å². The van der Waals surface area contributed by atoms with Gasteiger partial charge in [0.1, 0.15) is 5.52 Å². The van der Waals surface area contributed by atoms with Gasteiger partial charge < -0.3 is 0 Å². The molecule has 0 radical (unpaired) electrons. The van der Waals surface area contributed by atoms with Crippen LogP contribution in [0, 0.1) is 6.92 Å². The van der Waals surface area contributed by atoms with Crippen molar-refractivity contribution in [1.82, 2.24) is 9.61 Å². The number of hydrogen-bond donors (Lipinski definition) is 1. The third kappa shape index (κ3) is 1.08. The molecule has 2 rings (SSSR count). The Labute approximate surface area is 77.1 Å². The first-order valence-electron chi connectivity index (χ1n) is 3.54. The van der Waals surface area contributed by atoms with Crippen LogP contribution >= 0.6 is 15.9 Å². The second-order valence-corrected chi connectivity index (χ2v) is 3.63. The van der Waals surface area contributed by atoms with Crippen molar-refractivity contribution in [1.29, 1.82) is 0 Å². The lowest BCUT2D eigenvalue weighted by molar-refractivity contribution is 0.898. The molecule has 12 heavy (non-hydrogen) atoms. The van der Waals surface area contributed by atoms with E-state index in [4.69, 9.17) is 0 Å². The summed E-state index contributed by atoms with van der Waals surface area (Å²) in [5.74, 6) is 0. The van der Waals surface area contributed by atoms with Crippen LogP contribution in [0.15, 0.2) is 27.6 Å². The number of halogens is 1. The van der Waals surface area contributed by atoms with Gasteiger partial charge in [-0.25, -0.2) is 0 Å². The number of nitrogens with zero attached hydrogens (tertiary/aromatic N) is 1. The van der Waals surface area contributed by atoms with Gasteiger partial charge in [-0.15, -0.1) is 0 Å². The van der Waals surface area contributed by atoms with E-state index in [0.29, 0.717) is 5.52 Å². The third-order valence-electron chi connectivity index (χ3n) is 1.68. The fourth-order valence-corrected chi connectivity index (χ4v) is 1.63. The minimum atomic E-state index is 0.0388. The van der Waals surface area contributed by atoms with Gasteiger partial charge >= 0.3 is 0 Å². The van der Waals surface area contributed by atoms with Crippen LogP contribution in [0.2, 0.25) is 0 Å². The topological polar surface area (TPSA) is 37.3 Å². The molecule has 62 valence electrons. The van der Waals surface area contributed by atoms with E-state index < -0.39 is 0 Å². The molecule has 4 heteroatoms. The zero-order chi connectivity index (χ0) is 8.72. The summed E-state index contributed by atoms with van der Waals surface area (Å²) in [6.45, 7) is 1.86. The van der Waals surface area contributed by atoms with Crippen molar-refractivity contribution in [3.8, 4) is 0 Å². The van der Waals surface area contributed by atoms with E-state index in [9.17, 15) is 4.79 Å². The number of fused-ring (bicyclic) bond motifs is 1. The highest BCUT2D eigenvalue weighted by Gasteiger charge is 2.00. The Bertz CT molecular complexity index is 483. The molecule has 0 spiro atoms. The van der Waals surface area contributed by atoms with Gasteiger partial charge in [-0.1, -0.05) is 0 Å². The minimum Gasteiger partial charge on any atom is -0.298 e. The minimum absolute atomic E-state index is 0.0388. The molecule has 1 N–H and O–H groups in total. The van der Waals surface area contributed by atoms with Gasteiger partial charge in [-0.2, -0.15) is 0 Å². The van der Waals surface area contributed by atoms with Crippen LogP contribution in [-0.2, 0) is 0 Å². The second kappa shape index (κ2) is 2.48. The Morgan fingerprint density at radius 3 is 3.00 bits per heavy atom. The highest BCUT2D eigenvalue weighted by atomic mass is 79.9. The first-order valence-corrected chi connectivity index (χ1v) is 4.33. The van der Waals surface area contributed by atoms with Crippen molar-refractivity contribution in [2.45, 2.75) is 6.92 Å². The number of nitrogens with one attached hydrogen (secondary N) is 1. The molecular formula is C8H7BrN2O. The average molecular weight is 227 g/mol. The van der Waals surface area contributed by atoms with Crippen LogP contribution in [0.3, 0.4) is 0 Å². The summed E-state index contributed by atoms with van der Waals surface area (Å²) >= 11 is 3.30. The van der Waals surface area contributed by atoms with Gasteiger partial charge in [0.15, 0.2) is 0 Å². The number of rotatable bonds is 0. The maximum atomic E-state index is 11.4. The van der Waals surface area contributed by atoms with Crippen LogP contribution in [0.5, 0.6) is 0 Å². The Hall–Kier alpha value is -1.03. The highest BCUT2D eigenvalue weighted by molar-refractivity contribution is 9.10. The molecule has 2 heterocycles. The van der Waals surface area contributed by atoms with Gasteiger partial charge in [0.05, 0.1) is 0 Å². The number of aromatic nitrogens is 2. The Balaban J connectivity index is 2.98. The predicted molar refractivity (Wildman–Crippen MR) is 50.5 cm³/mol. The molecule has 3 nitrogen and oxygen atoms in total. The number of aryl methyl sites for hydroxylation is 1. The molecular weight excluding hydrogens is 220 g/mol. The molecule has 0 atom stereocenters. The molecule has 0 aromatic carbocycles. The highest BCUT2D eigenvalue weighted by Crippen LogP contribution is 2.11. The van der Waals surface area contributed by atoms with E-state index in [0.717, 1.165) is 10.2 Å². The lowest BCUT2D eigenvalue weighted by atomic mass is 10.4. The summed E-state index contributed by atoms with van der Waals surface area (Å²) in [6, 6.07) is 3.38. The largest absolute Gasteiger partial charge is 0.298 e. The van der Waals surface area contributed by atoms with Crippen molar-refractivity contribution in [3.05, 3.63) is 38.7 Å². The van der Waals surface area contributed by atoms with E-state index in [1.165, 1.54) is 0 Å². The molecule has 0 amide bonds. The lowest BCUT2D eigenvalue weighted by Crippen LogP contribution is -2.06. The van der Waals surface area contributed by atoms with Gasteiger partial charge in [-0.3, -0.25) is 14.4 Å². The summed E-state index contributed by atoms with van der Waals surface area (Å²) in [5, 5.41) is 3.04. The number of H-pyrrole nitrogens is 1. The summed E-state index contributed by atoms with van der Waals surface area (Å²) in [7, 11) is 0. The van der Waals surface area contributed by atoms with E-state index in [1.807, 2.05) is 13.1 Å². The average Bonchev–Trinajstić information content (AvgIpc) is 2.29. The standard InChI is InChI=1S/C8H7BrN2O/c1-5-2-8(12)7-3-6(9)4-11(7)10-5/h2-4,10H,1H3. The van der Waals surface area contributed by atoms with E-state index in [-0.39, 0.29) is 5.43 Å². The number of hydrogen-bond acceptors (Lipinski definition) is 1. The van der Waals surface area contributed by atoms with Gasteiger partial charge in [0, 0.05) is 22.4 Å². The fourth-order valence-electron chi connectivity index (χ4n) is 1.21. The fraction of sp³-hybridized carbons (Fsp3) is 0.125. The van der Waals surface area contributed by atoms with Crippen molar-refractivity contribution < 1.29 is 0 Å². The summed E-state index contributed by atoms with van der Waals surface area (Å²) in [5.41, 5.74) is 1.56.